The number of amides is 3. The predicted octanol–water partition coefficient (Wildman–Crippen LogP) is 5.99. The molecule has 4 rings (SSSR count). The monoisotopic (exact) mass is 528 g/mol. The number of benzene rings is 2. The van der Waals surface area contributed by atoms with Crippen LogP contribution in [0.25, 0.3) is 0 Å². The maximum absolute atomic E-state index is 13.9. The molecule has 3 amide bonds. The highest BCUT2D eigenvalue weighted by Gasteiger charge is 2.29. The normalized spacial score (nSPS) is 17.3. The lowest BCUT2D eigenvalue weighted by Gasteiger charge is -2.32. The number of anilines is 1. The second-order valence-corrected chi connectivity index (χ2v) is 10.3. The van der Waals surface area contributed by atoms with Crippen molar-refractivity contribution in [2.24, 2.45) is 0 Å². The molecule has 0 spiro atoms. The van der Waals surface area contributed by atoms with Crippen LogP contribution in [0.4, 0.5) is 19.3 Å². The number of carbonyl (C=O) groups is 2. The van der Waals surface area contributed by atoms with E-state index in [9.17, 15) is 18.4 Å². The molecule has 0 aliphatic heterocycles. The minimum Gasteiger partial charge on any atom is -0.486 e. The van der Waals surface area contributed by atoms with Gasteiger partial charge < -0.3 is 20.7 Å². The number of carbonyl (C=O) groups excluding carboxylic acids is 2. The summed E-state index contributed by atoms with van der Waals surface area (Å²) in [5, 5.41) is 10.5. The third kappa shape index (κ3) is 7.25. The van der Waals surface area contributed by atoms with Crippen molar-refractivity contribution in [1.82, 2.24) is 15.6 Å². The van der Waals surface area contributed by atoms with E-state index in [0.29, 0.717) is 35.5 Å². The van der Waals surface area contributed by atoms with E-state index >= 15 is 0 Å². The molecule has 2 atom stereocenters. The fourth-order valence-corrected chi connectivity index (χ4v) is 4.90. The van der Waals surface area contributed by atoms with Crippen LogP contribution in [0.5, 0.6) is 5.75 Å². The Labute approximate surface area is 218 Å². The van der Waals surface area contributed by atoms with Crippen LogP contribution in [0.15, 0.2) is 47.8 Å². The van der Waals surface area contributed by atoms with Crippen LogP contribution in [0.1, 0.15) is 66.5 Å². The maximum Gasteiger partial charge on any atom is 0.319 e. The van der Waals surface area contributed by atoms with Crippen molar-refractivity contribution >= 4 is 29.0 Å². The molecule has 0 bridgehead atoms. The van der Waals surface area contributed by atoms with E-state index in [2.05, 4.69) is 34.8 Å². The van der Waals surface area contributed by atoms with Crippen molar-refractivity contribution in [3.63, 3.8) is 0 Å². The number of rotatable bonds is 8. The molecule has 2 aromatic carbocycles. The van der Waals surface area contributed by atoms with Gasteiger partial charge in [-0.2, -0.15) is 0 Å². The minimum atomic E-state index is -0.862. The Morgan fingerprint density at radius 1 is 1.05 bits per heavy atom. The molecule has 1 aromatic heterocycles. The second kappa shape index (κ2) is 12.1. The predicted molar refractivity (Wildman–Crippen MR) is 139 cm³/mol. The van der Waals surface area contributed by atoms with Crippen LogP contribution >= 0.6 is 11.3 Å². The van der Waals surface area contributed by atoms with Crippen LogP contribution in [-0.2, 0) is 6.61 Å². The number of halogens is 2. The SMILES string of the molecule is CC(C)c1ccc(OCc2nc(C(=O)NC3CCCCC3NC(=O)Nc3ccc(F)cc3F)cs2)cc1. The zero-order valence-corrected chi connectivity index (χ0v) is 21.5. The Kier molecular flexibility index (Phi) is 8.70. The summed E-state index contributed by atoms with van der Waals surface area (Å²) in [6.07, 6.45) is 3.14. The quantitative estimate of drug-likeness (QED) is 0.335. The average Bonchev–Trinajstić information content (AvgIpc) is 3.35. The molecule has 10 heteroatoms. The molecular weight excluding hydrogens is 498 g/mol. The van der Waals surface area contributed by atoms with Gasteiger partial charge in [-0.1, -0.05) is 38.8 Å². The zero-order chi connectivity index (χ0) is 26.4. The Morgan fingerprint density at radius 2 is 1.76 bits per heavy atom. The number of nitrogens with one attached hydrogen (secondary N) is 3. The molecule has 3 aromatic rings. The zero-order valence-electron chi connectivity index (χ0n) is 20.7. The summed E-state index contributed by atoms with van der Waals surface area (Å²) in [6.45, 7) is 4.52. The highest BCUT2D eigenvalue weighted by Crippen LogP contribution is 2.22. The molecule has 1 saturated carbocycles. The smallest absolute Gasteiger partial charge is 0.319 e. The van der Waals surface area contributed by atoms with Gasteiger partial charge in [0.2, 0.25) is 0 Å². The highest BCUT2D eigenvalue weighted by atomic mass is 32.1. The molecule has 196 valence electrons. The van der Waals surface area contributed by atoms with Crippen LogP contribution in [0, 0.1) is 11.6 Å². The molecule has 2 unspecified atom stereocenters. The molecule has 1 fully saturated rings. The summed E-state index contributed by atoms with van der Waals surface area (Å²) < 4.78 is 32.8. The Bertz CT molecular complexity index is 1230. The van der Waals surface area contributed by atoms with Gasteiger partial charge in [-0.05, 0) is 48.6 Å². The van der Waals surface area contributed by atoms with Crippen molar-refractivity contribution in [2.45, 2.75) is 64.1 Å². The highest BCUT2D eigenvalue weighted by molar-refractivity contribution is 7.09. The molecule has 1 heterocycles. The van der Waals surface area contributed by atoms with E-state index in [1.165, 1.54) is 16.9 Å². The average molecular weight is 529 g/mol. The van der Waals surface area contributed by atoms with Gasteiger partial charge in [-0.3, -0.25) is 4.79 Å². The van der Waals surface area contributed by atoms with E-state index in [4.69, 9.17) is 4.74 Å². The number of hydrogen-bond acceptors (Lipinski definition) is 5. The van der Waals surface area contributed by atoms with Crippen LogP contribution in [-0.4, -0.2) is 29.0 Å². The van der Waals surface area contributed by atoms with Gasteiger partial charge in [-0.15, -0.1) is 11.3 Å². The summed E-state index contributed by atoms with van der Waals surface area (Å²) in [6, 6.07) is 9.59. The van der Waals surface area contributed by atoms with Crippen LogP contribution < -0.4 is 20.7 Å². The van der Waals surface area contributed by atoms with Crippen molar-refractivity contribution in [1.29, 1.82) is 0 Å². The van der Waals surface area contributed by atoms with Gasteiger partial charge in [0.05, 0.1) is 11.7 Å². The fraction of sp³-hybridized carbons (Fsp3) is 0.370. The molecular formula is C27H30F2N4O3S. The third-order valence-corrected chi connectivity index (χ3v) is 7.09. The van der Waals surface area contributed by atoms with Gasteiger partial charge in [0.25, 0.3) is 5.91 Å². The van der Waals surface area contributed by atoms with E-state index in [0.717, 1.165) is 30.7 Å². The number of hydrogen-bond donors (Lipinski definition) is 3. The first-order valence-corrected chi connectivity index (χ1v) is 13.2. The Hall–Kier alpha value is -3.53. The number of ether oxygens (including phenoxy) is 1. The molecule has 1 aliphatic carbocycles. The first-order valence-electron chi connectivity index (χ1n) is 12.3. The minimum absolute atomic E-state index is 0.122. The Morgan fingerprint density at radius 3 is 2.43 bits per heavy atom. The lowest BCUT2D eigenvalue weighted by molar-refractivity contribution is 0.0911. The molecule has 37 heavy (non-hydrogen) atoms. The summed E-state index contributed by atoms with van der Waals surface area (Å²) >= 11 is 1.34. The van der Waals surface area contributed by atoms with Gasteiger partial charge in [0.15, 0.2) is 0 Å². The lowest BCUT2D eigenvalue weighted by atomic mass is 9.90. The number of aromatic nitrogens is 1. The van der Waals surface area contributed by atoms with Gasteiger partial charge in [0.1, 0.15) is 34.7 Å². The molecule has 3 N–H and O–H groups in total. The van der Waals surface area contributed by atoms with E-state index in [1.54, 1.807) is 5.38 Å². The topological polar surface area (TPSA) is 92.3 Å². The van der Waals surface area contributed by atoms with Gasteiger partial charge in [0, 0.05) is 17.5 Å². The molecule has 0 radical (unpaired) electrons. The Balaban J connectivity index is 1.30. The number of urea groups is 1. The second-order valence-electron chi connectivity index (χ2n) is 9.33. The lowest BCUT2D eigenvalue weighted by Crippen LogP contribution is -2.54. The van der Waals surface area contributed by atoms with Crippen molar-refractivity contribution < 1.29 is 23.1 Å². The molecule has 7 nitrogen and oxygen atoms in total. The van der Waals surface area contributed by atoms with E-state index < -0.39 is 17.7 Å². The molecule has 1 aliphatic rings. The summed E-state index contributed by atoms with van der Waals surface area (Å²) in [7, 11) is 0. The maximum atomic E-state index is 13.9. The van der Waals surface area contributed by atoms with Gasteiger partial charge >= 0.3 is 6.03 Å². The van der Waals surface area contributed by atoms with E-state index in [1.807, 2.05) is 24.3 Å². The fourth-order valence-electron chi connectivity index (χ4n) is 4.21. The number of thiazole rings is 1. The van der Waals surface area contributed by atoms with Crippen LogP contribution in [0.3, 0.4) is 0 Å². The first-order chi connectivity index (χ1) is 17.8. The number of nitrogens with zero attached hydrogens (tertiary/aromatic N) is 1. The largest absolute Gasteiger partial charge is 0.486 e. The van der Waals surface area contributed by atoms with Crippen molar-refractivity contribution in [3.05, 3.63) is 75.7 Å². The van der Waals surface area contributed by atoms with Crippen LogP contribution in [0.2, 0.25) is 0 Å². The standard InChI is InChI=1S/C27H30F2N4O3S/c1-16(2)17-7-10-19(11-8-17)36-14-25-30-24(15-37-25)26(34)31-22-5-3-4-6-23(22)33-27(35)32-21-12-9-18(28)13-20(21)29/h7-13,15-16,22-23H,3-6,14H2,1-2H3,(H,31,34)(H2,32,33,35). The van der Waals surface area contributed by atoms with Crippen molar-refractivity contribution in [2.75, 3.05) is 5.32 Å². The summed E-state index contributed by atoms with van der Waals surface area (Å²) in [4.78, 5) is 29.7. The summed E-state index contributed by atoms with van der Waals surface area (Å²) in [5.74, 6) is -0.733. The van der Waals surface area contributed by atoms with Crippen molar-refractivity contribution in [3.8, 4) is 5.75 Å². The third-order valence-electron chi connectivity index (χ3n) is 6.27. The molecule has 0 saturated heterocycles. The van der Waals surface area contributed by atoms with E-state index in [-0.39, 0.29) is 30.3 Å². The first kappa shape index (κ1) is 26.5. The summed E-state index contributed by atoms with van der Waals surface area (Å²) in [5.41, 5.74) is 1.40. The van der Waals surface area contributed by atoms with Gasteiger partial charge in [-0.25, -0.2) is 18.6 Å².